The largest absolute Gasteiger partial charge is 0.360 e. The molecule has 0 spiro atoms. The van der Waals surface area contributed by atoms with Gasteiger partial charge in [-0.1, -0.05) is 18.2 Å². The van der Waals surface area contributed by atoms with Crippen LogP contribution in [0.1, 0.15) is 23.5 Å². The topological polar surface area (TPSA) is 32.3 Å². The van der Waals surface area contributed by atoms with Crippen LogP contribution in [-0.4, -0.2) is 31.5 Å². The minimum atomic E-state index is 0.369. The van der Waals surface area contributed by atoms with Crippen molar-refractivity contribution in [2.75, 3.05) is 24.5 Å². The summed E-state index contributed by atoms with van der Waals surface area (Å²) in [5.74, 6) is 0.957. The Balaban J connectivity index is 1.90. The van der Waals surface area contributed by atoms with Crippen LogP contribution >= 0.6 is 0 Å². The number of nitrogens with zero attached hydrogens (tertiary/aromatic N) is 1. The zero-order valence-electron chi connectivity index (χ0n) is 9.78. The number of hydrogen-bond donors (Lipinski definition) is 1. The first-order valence-corrected chi connectivity index (χ1v) is 6.45. The molecule has 1 fully saturated rings. The second-order valence-corrected chi connectivity index (χ2v) is 5.36. The predicted molar refractivity (Wildman–Crippen MR) is 66.5 cm³/mol. The van der Waals surface area contributed by atoms with Crippen LogP contribution in [0.5, 0.6) is 0 Å². The number of nitrogens with one attached hydrogen (secondary N) is 1. The van der Waals surface area contributed by atoms with Crippen LogP contribution in [-0.2, 0) is 11.2 Å². The van der Waals surface area contributed by atoms with Gasteiger partial charge >= 0.3 is 0 Å². The summed E-state index contributed by atoms with van der Waals surface area (Å²) in [7, 11) is 0. The lowest BCUT2D eigenvalue weighted by Gasteiger charge is -2.35. The summed E-state index contributed by atoms with van der Waals surface area (Å²) in [6.07, 6.45) is 1.79. The lowest BCUT2D eigenvalue weighted by Crippen LogP contribution is -2.47. The zero-order chi connectivity index (χ0) is 11.4. The molecular weight excluding hydrogens is 212 g/mol. The predicted octanol–water partition coefficient (Wildman–Crippen LogP) is 1.08. The number of benzene rings is 1. The number of piperidine rings is 1. The average molecular weight is 228 g/mol. The van der Waals surface area contributed by atoms with Gasteiger partial charge in [-0.05, 0) is 24.1 Å². The van der Waals surface area contributed by atoms with Crippen LogP contribution in [0.2, 0.25) is 0 Å². The standard InChI is InChI=1S/C14H16N2O/c17-10-6-9-2-1-3-11-12-7-15-5-4-13(12)16(8-10)14(9)11/h1-3,12-13,15H,4-8H2/t12-,13-/m0/s1. The van der Waals surface area contributed by atoms with Gasteiger partial charge in [-0.25, -0.2) is 0 Å². The smallest absolute Gasteiger partial charge is 0.156 e. The maximum absolute atomic E-state index is 11.8. The number of fused-ring (bicyclic) bond motifs is 3. The van der Waals surface area contributed by atoms with Crippen LogP contribution in [0.3, 0.4) is 0 Å². The Morgan fingerprint density at radius 1 is 1.35 bits per heavy atom. The fraction of sp³-hybridized carbons (Fsp3) is 0.500. The van der Waals surface area contributed by atoms with Crippen LogP contribution in [0, 0.1) is 0 Å². The molecule has 3 nitrogen and oxygen atoms in total. The normalized spacial score (nSPS) is 30.1. The molecule has 17 heavy (non-hydrogen) atoms. The van der Waals surface area contributed by atoms with Crippen molar-refractivity contribution in [1.82, 2.24) is 5.32 Å². The molecular formula is C14H16N2O. The highest BCUT2D eigenvalue weighted by atomic mass is 16.1. The van der Waals surface area contributed by atoms with E-state index >= 15 is 0 Å². The third kappa shape index (κ3) is 1.23. The van der Waals surface area contributed by atoms with Gasteiger partial charge in [-0.15, -0.1) is 0 Å². The first-order valence-electron chi connectivity index (χ1n) is 6.45. The Kier molecular flexibility index (Phi) is 1.89. The summed E-state index contributed by atoms with van der Waals surface area (Å²) >= 11 is 0. The summed E-state index contributed by atoms with van der Waals surface area (Å²) in [6, 6.07) is 7.03. The lowest BCUT2D eigenvalue weighted by molar-refractivity contribution is -0.117. The van der Waals surface area contributed by atoms with E-state index in [0.29, 0.717) is 30.7 Å². The lowest BCUT2D eigenvalue weighted by atomic mass is 9.90. The summed E-state index contributed by atoms with van der Waals surface area (Å²) < 4.78 is 0. The number of carbonyl (C=O) groups excluding carboxylic acids is 1. The zero-order valence-corrected chi connectivity index (χ0v) is 9.78. The van der Waals surface area contributed by atoms with E-state index in [0.717, 1.165) is 19.5 Å². The number of ketones is 1. The fourth-order valence-electron chi connectivity index (χ4n) is 3.76. The molecule has 0 saturated carbocycles. The number of Topliss-reactive ketones (excluding diaryl/α,β-unsaturated/α-hetero) is 1. The fourth-order valence-corrected chi connectivity index (χ4v) is 3.76. The molecule has 0 aliphatic carbocycles. The van der Waals surface area contributed by atoms with Gasteiger partial charge in [-0.2, -0.15) is 0 Å². The molecule has 2 atom stereocenters. The van der Waals surface area contributed by atoms with Crippen molar-refractivity contribution < 1.29 is 4.79 Å². The molecule has 3 heterocycles. The van der Waals surface area contributed by atoms with Gasteiger partial charge in [-0.3, -0.25) is 4.79 Å². The number of hydrogen-bond acceptors (Lipinski definition) is 3. The summed E-state index contributed by atoms with van der Waals surface area (Å²) in [6.45, 7) is 2.77. The third-order valence-electron chi connectivity index (χ3n) is 4.42. The Morgan fingerprint density at radius 2 is 2.29 bits per heavy atom. The van der Waals surface area contributed by atoms with Gasteiger partial charge < -0.3 is 10.2 Å². The number of carbonyl (C=O) groups is 1. The van der Waals surface area contributed by atoms with E-state index in [4.69, 9.17) is 0 Å². The van der Waals surface area contributed by atoms with Crippen LogP contribution in [0.25, 0.3) is 0 Å². The monoisotopic (exact) mass is 228 g/mol. The molecule has 88 valence electrons. The Hall–Kier alpha value is -1.35. The van der Waals surface area contributed by atoms with Crippen LogP contribution in [0.4, 0.5) is 5.69 Å². The highest BCUT2D eigenvalue weighted by Gasteiger charge is 2.43. The van der Waals surface area contributed by atoms with E-state index < -0.39 is 0 Å². The summed E-state index contributed by atoms with van der Waals surface area (Å²) in [5.41, 5.74) is 4.09. The molecule has 1 saturated heterocycles. The second kappa shape index (κ2) is 3.33. The van der Waals surface area contributed by atoms with Gasteiger partial charge in [0.25, 0.3) is 0 Å². The van der Waals surface area contributed by atoms with Gasteiger partial charge in [0.2, 0.25) is 0 Å². The van der Waals surface area contributed by atoms with Crippen molar-refractivity contribution >= 4 is 11.5 Å². The molecule has 0 unspecified atom stereocenters. The average Bonchev–Trinajstić information content (AvgIpc) is 2.67. The maximum atomic E-state index is 11.8. The molecule has 1 aromatic carbocycles. The van der Waals surface area contributed by atoms with Crippen molar-refractivity contribution in [3.8, 4) is 0 Å². The van der Waals surface area contributed by atoms with Crippen molar-refractivity contribution in [3.63, 3.8) is 0 Å². The maximum Gasteiger partial charge on any atom is 0.156 e. The number of anilines is 1. The first-order chi connectivity index (χ1) is 8.34. The molecule has 3 aliphatic heterocycles. The van der Waals surface area contributed by atoms with E-state index in [-0.39, 0.29) is 0 Å². The Bertz CT molecular complexity index is 497. The highest BCUT2D eigenvalue weighted by molar-refractivity contribution is 5.92. The Labute approximate surface area is 101 Å². The van der Waals surface area contributed by atoms with Crippen molar-refractivity contribution in [3.05, 3.63) is 29.3 Å². The van der Waals surface area contributed by atoms with Crippen molar-refractivity contribution in [1.29, 1.82) is 0 Å². The van der Waals surface area contributed by atoms with Gasteiger partial charge in [0.05, 0.1) is 6.54 Å². The number of rotatable bonds is 0. The molecule has 3 aliphatic rings. The third-order valence-corrected chi connectivity index (χ3v) is 4.42. The highest BCUT2D eigenvalue weighted by Crippen LogP contribution is 2.46. The van der Waals surface area contributed by atoms with Gasteiger partial charge in [0.1, 0.15) is 0 Å². The molecule has 0 bridgehead atoms. The molecule has 0 radical (unpaired) electrons. The molecule has 4 rings (SSSR count). The SMILES string of the molecule is O=C1Cc2cccc3c2N(C1)[C@H]1CCNC[C@@H]31. The molecule has 1 aromatic rings. The number of para-hydroxylation sites is 1. The van der Waals surface area contributed by atoms with Gasteiger partial charge in [0.15, 0.2) is 5.78 Å². The van der Waals surface area contributed by atoms with Crippen LogP contribution in [0.15, 0.2) is 18.2 Å². The minimum Gasteiger partial charge on any atom is -0.360 e. The first kappa shape index (κ1) is 9.66. The summed E-state index contributed by atoms with van der Waals surface area (Å²) in [4.78, 5) is 14.2. The quantitative estimate of drug-likeness (QED) is 0.721. The molecule has 0 amide bonds. The van der Waals surface area contributed by atoms with E-state index in [9.17, 15) is 4.79 Å². The van der Waals surface area contributed by atoms with E-state index in [1.54, 1.807) is 0 Å². The van der Waals surface area contributed by atoms with Crippen molar-refractivity contribution in [2.45, 2.75) is 24.8 Å². The molecule has 0 aromatic heterocycles. The molecule has 1 N–H and O–H groups in total. The molecule has 3 heteroatoms. The Morgan fingerprint density at radius 3 is 3.24 bits per heavy atom. The van der Waals surface area contributed by atoms with E-state index in [2.05, 4.69) is 28.4 Å². The van der Waals surface area contributed by atoms with Gasteiger partial charge in [0, 0.05) is 30.6 Å². The minimum absolute atomic E-state index is 0.369. The van der Waals surface area contributed by atoms with Crippen molar-refractivity contribution in [2.24, 2.45) is 0 Å². The van der Waals surface area contributed by atoms with Crippen LogP contribution < -0.4 is 10.2 Å². The van der Waals surface area contributed by atoms with E-state index in [1.165, 1.54) is 16.8 Å². The second-order valence-electron chi connectivity index (χ2n) is 5.36. The van der Waals surface area contributed by atoms with E-state index in [1.807, 2.05) is 0 Å². The summed E-state index contributed by atoms with van der Waals surface area (Å²) in [5, 5.41) is 3.48.